The molecule has 1 aromatic heterocycles. The quantitative estimate of drug-likeness (QED) is 0.923. The van der Waals surface area contributed by atoms with Crippen LogP contribution in [-0.4, -0.2) is 4.98 Å². The van der Waals surface area contributed by atoms with Crippen LogP contribution in [0.25, 0.3) is 0 Å². The molecule has 2 aromatic rings. The topological polar surface area (TPSA) is 24.9 Å². The summed E-state index contributed by atoms with van der Waals surface area (Å²) >= 11 is 3.36. The van der Waals surface area contributed by atoms with Gasteiger partial charge < -0.3 is 5.32 Å². The van der Waals surface area contributed by atoms with Crippen molar-refractivity contribution in [3.8, 4) is 0 Å². The van der Waals surface area contributed by atoms with E-state index < -0.39 is 0 Å². The Labute approximate surface area is 104 Å². The van der Waals surface area contributed by atoms with E-state index in [0.717, 1.165) is 16.8 Å². The number of anilines is 1. The Kier molecular flexibility index (Phi) is 3.57. The van der Waals surface area contributed by atoms with E-state index in [9.17, 15) is 0 Å². The van der Waals surface area contributed by atoms with E-state index >= 15 is 0 Å². The molecule has 0 aliphatic rings. The van der Waals surface area contributed by atoms with E-state index in [0.29, 0.717) is 0 Å². The maximum Gasteiger partial charge on any atom is 0.126 e. The van der Waals surface area contributed by atoms with E-state index in [1.54, 1.807) is 6.20 Å². The largest absolute Gasteiger partial charge is 0.366 e. The molecule has 0 unspecified atom stereocenters. The lowest BCUT2D eigenvalue weighted by molar-refractivity contribution is 1.11. The number of nitrogens with one attached hydrogen (secondary N) is 1. The van der Waals surface area contributed by atoms with Crippen LogP contribution in [0.2, 0.25) is 0 Å². The highest BCUT2D eigenvalue weighted by Crippen LogP contribution is 2.11. The van der Waals surface area contributed by atoms with Crippen molar-refractivity contribution in [1.29, 1.82) is 0 Å². The summed E-state index contributed by atoms with van der Waals surface area (Å²) in [7, 11) is 0. The standard InChI is InChI=1S/C13H13BrN2/c1-10-2-4-11(5-3-10)8-15-13-7-6-12(14)9-16-13/h2-7,9H,8H2,1H3,(H,15,16). The number of rotatable bonds is 3. The lowest BCUT2D eigenvalue weighted by Crippen LogP contribution is -2.00. The van der Waals surface area contributed by atoms with E-state index in [2.05, 4.69) is 57.4 Å². The van der Waals surface area contributed by atoms with Crippen LogP contribution < -0.4 is 5.32 Å². The summed E-state index contributed by atoms with van der Waals surface area (Å²) in [5.74, 6) is 0.892. The molecule has 1 aromatic carbocycles. The highest BCUT2D eigenvalue weighted by atomic mass is 79.9. The summed E-state index contributed by atoms with van der Waals surface area (Å²) in [6.45, 7) is 2.89. The van der Waals surface area contributed by atoms with Gasteiger partial charge in [0.05, 0.1) is 0 Å². The van der Waals surface area contributed by atoms with Crippen molar-refractivity contribution in [1.82, 2.24) is 4.98 Å². The van der Waals surface area contributed by atoms with Gasteiger partial charge in [-0.05, 0) is 40.5 Å². The van der Waals surface area contributed by atoms with Crippen LogP contribution in [0.1, 0.15) is 11.1 Å². The molecule has 0 aliphatic carbocycles. The van der Waals surface area contributed by atoms with Crippen molar-refractivity contribution >= 4 is 21.7 Å². The van der Waals surface area contributed by atoms with Crippen molar-refractivity contribution in [2.24, 2.45) is 0 Å². The molecule has 0 fully saturated rings. The number of hydrogen-bond donors (Lipinski definition) is 1. The lowest BCUT2D eigenvalue weighted by Gasteiger charge is -2.05. The van der Waals surface area contributed by atoms with Gasteiger partial charge in [-0.15, -0.1) is 0 Å². The SMILES string of the molecule is Cc1ccc(CNc2ccc(Br)cn2)cc1. The van der Waals surface area contributed by atoms with Crippen LogP contribution in [0.4, 0.5) is 5.82 Å². The first kappa shape index (κ1) is 11.1. The first-order valence-electron chi connectivity index (χ1n) is 5.15. The summed E-state index contributed by atoms with van der Waals surface area (Å²) in [5.41, 5.74) is 2.54. The first-order valence-corrected chi connectivity index (χ1v) is 5.94. The van der Waals surface area contributed by atoms with Crippen molar-refractivity contribution in [2.45, 2.75) is 13.5 Å². The minimum Gasteiger partial charge on any atom is -0.366 e. The molecule has 16 heavy (non-hydrogen) atoms. The fraction of sp³-hybridized carbons (Fsp3) is 0.154. The van der Waals surface area contributed by atoms with Crippen LogP contribution in [0.3, 0.4) is 0 Å². The van der Waals surface area contributed by atoms with Crippen molar-refractivity contribution < 1.29 is 0 Å². The van der Waals surface area contributed by atoms with Crippen molar-refractivity contribution in [3.63, 3.8) is 0 Å². The van der Waals surface area contributed by atoms with Crippen LogP contribution in [0.15, 0.2) is 47.1 Å². The number of pyridine rings is 1. The predicted octanol–water partition coefficient (Wildman–Crippen LogP) is 3.76. The average Bonchev–Trinajstić information content (AvgIpc) is 2.30. The van der Waals surface area contributed by atoms with Crippen LogP contribution in [0.5, 0.6) is 0 Å². The molecule has 3 heteroatoms. The molecule has 1 N–H and O–H groups in total. The first-order chi connectivity index (χ1) is 7.74. The van der Waals surface area contributed by atoms with E-state index in [4.69, 9.17) is 0 Å². The Morgan fingerprint density at radius 2 is 1.88 bits per heavy atom. The Balaban J connectivity index is 1.97. The minimum absolute atomic E-state index is 0.801. The van der Waals surface area contributed by atoms with Gasteiger partial charge in [0, 0.05) is 17.2 Å². The molecule has 0 spiro atoms. The van der Waals surface area contributed by atoms with Gasteiger partial charge in [0.15, 0.2) is 0 Å². The van der Waals surface area contributed by atoms with Crippen LogP contribution >= 0.6 is 15.9 Å². The third kappa shape index (κ3) is 3.07. The Bertz CT molecular complexity index is 403. The second-order valence-electron chi connectivity index (χ2n) is 3.70. The number of aryl methyl sites for hydroxylation is 1. The van der Waals surface area contributed by atoms with Crippen LogP contribution in [0, 0.1) is 6.92 Å². The van der Waals surface area contributed by atoms with Gasteiger partial charge in [-0.3, -0.25) is 0 Å². The molecule has 0 aliphatic heterocycles. The fourth-order valence-corrected chi connectivity index (χ4v) is 1.61. The van der Waals surface area contributed by atoms with Crippen LogP contribution in [-0.2, 0) is 6.54 Å². The zero-order valence-electron chi connectivity index (χ0n) is 9.07. The van der Waals surface area contributed by atoms with E-state index in [1.165, 1.54) is 11.1 Å². The molecule has 82 valence electrons. The van der Waals surface area contributed by atoms with Gasteiger partial charge >= 0.3 is 0 Å². The van der Waals surface area contributed by atoms with Gasteiger partial charge in [-0.25, -0.2) is 4.98 Å². The maximum atomic E-state index is 4.25. The normalized spacial score (nSPS) is 10.1. The highest BCUT2D eigenvalue weighted by Gasteiger charge is 1.95. The molecule has 0 radical (unpaired) electrons. The van der Waals surface area contributed by atoms with E-state index in [1.807, 2.05) is 12.1 Å². The molecule has 0 bridgehead atoms. The average molecular weight is 277 g/mol. The van der Waals surface area contributed by atoms with E-state index in [-0.39, 0.29) is 0 Å². The number of aromatic nitrogens is 1. The molecule has 2 nitrogen and oxygen atoms in total. The smallest absolute Gasteiger partial charge is 0.126 e. The van der Waals surface area contributed by atoms with Crippen molar-refractivity contribution in [2.75, 3.05) is 5.32 Å². The number of benzene rings is 1. The second-order valence-corrected chi connectivity index (χ2v) is 4.62. The molecular weight excluding hydrogens is 264 g/mol. The molecule has 0 saturated carbocycles. The Hall–Kier alpha value is -1.35. The summed E-state index contributed by atoms with van der Waals surface area (Å²) in [5, 5.41) is 3.28. The van der Waals surface area contributed by atoms with Gasteiger partial charge in [0.25, 0.3) is 0 Å². The molecule has 2 rings (SSSR count). The lowest BCUT2D eigenvalue weighted by atomic mass is 10.1. The number of halogens is 1. The molecule has 0 saturated heterocycles. The summed E-state index contributed by atoms with van der Waals surface area (Å²) in [6.07, 6.45) is 1.79. The Morgan fingerprint density at radius 1 is 1.12 bits per heavy atom. The van der Waals surface area contributed by atoms with Gasteiger partial charge in [-0.1, -0.05) is 29.8 Å². The molecular formula is C13H13BrN2. The number of nitrogens with zero attached hydrogens (tertiary/aromatic N) is 1. The third-order valence-corrected chi connectivity index (χ3v) is 2.79. The van der Waals surface area contributed by atoms with Gasteiger partial charge in [0.1, 0.15) is 5.82 Å². The minimum atomic E-state index is 0.801. The summed E-state index contributed by atoms with van der Waals surface area (Å²) < 4.78 is 0.994. The van der Waals surface area contributed by atoms with Crippen molar-refractivity contribution in [3.05, 3.63) is 58.2 Å². The van der Waals surface area contributed by atoms with Gasteiger partial charge in [-0.2, -0.15) is 0 Å². The maximum absolute atomic E-state index is 4.25. The Morgan fingerprint density at radius 3 is 2.50 bits per heavy atom. The molecule has 1 heterocycles. The third-order valence-electron chi connectivity index (χ3n) is 2.32. The highest BCUT2D eigenvalue weighted by molar-refractivity contribution is 9.10. The number of hydrogen-bond acceptors (Lipinski definition) is 2. The second kappa shape index (κ2) is 5.12. The molecule has 0 atom stereocenters. The zero-order valence-corrected chi connectivity index (χ0v) is 10.7. The summed E-state index contributed by atoms with van der Waals surface area (Å²) in [6, 6.07) is 12.4. The summed E-state index contributed by atoms with van der Waals surface area (Å²) in [4.78, 5) is 4.25. The molecule has 0 amide bonds. The zero-order chi connectivity index (χ0) is 11.4. The fourth-order valence-electron chi connectivity index (χ4n) is 1.38. The predicted molar refractivity (Wildman–Crippen MR) is 70.4 cm³/mol. The monoisotopic (exact) mass is 276 g/mol. The van der Waals surface area contributed by atoms with Gasteiger partial charge in [0.2, 0.25) is 0 Å².